The highest BCUT2D eigenvalue weighted by molar-refractivity contribution is 7.80. The molecule has 3 amide bonds. The van der Waals surface area contributed by atoms with E-state index >= 15 is 0 Å². The molecule has 0 saturated heterocycles. The summed E-state index contributed by atoms with van der Waals surface area (Å²) in [6.45, 7) is 1.44. The second-order valence-corrected chi connectivity index (χ2v) is 7.72. The number of amides is 3. The van der Waals surface area contributed by atoms with Crippen molar-refractivity contribution in [1.29, 1.82) is 0 Å². The van der Waals surface area contributed by atoms with Crippen LogP contribution in [0.1, 0.15) is 32.6 Å². The number of carbonyl (C=O) groups is 5. The van der Waals surface area contributed by atoms with Crippen LogP contribution in [-0.4, -0.2) is 93.5 Å². The van der Waals surface area contributed by atoms with Crippen LogP contribution in [0.15, 0.2) is 4.99 Å². The van der Waals surface area contributed by atoms with Crippen molar-refractivity contribution >= 4 is 48.2 Å². The molecule has 15 nitrogen and oxygen atoms in total. The van der Waals surface area contributed by atoms with E-state index in [-0.39, 0.29) is 31.1 Å². The smallest absolute Gasteiger partial charge is 0.327 e. The van der Waals surface area contributed by atoms with Gasteiger partial charge in [-0.15, -0.1) is 0 Å². The molecule has 0 heterocycles. The van der Waals surface area contributed by atoms with Gasteiger partial charge in [0.1, 0.15) is 18.1 Å². The first kappa shape index (κ1) is 30.9. The van der Waals surface area contributed by atoms with Gasteiger partial charge in [0.25, 0.3) is 0 Å². The van der Waals surface area contributed by atoms with Gasteiger partial charge in [0.2, 0.25) is 17.7 Å². The Morgan fingerprint density at radius 1 is 0.941 bits per heavy atom. The molecular formula is C18H33N7O8S. The van der Waals surface area contributed by atoms with Crippen molar-refractivity contribution in [2.45, 2.75) is 62.9 Å². The fourth-order valence-corrected chi connectivity index (χ4v) is 2.82. The van der Waals surface area contributed by atoms with Gasteiger partial charge in [-0.3, -0.25) is 24.2 Å². The summed E-state index contributed by atoms with van der Waals surface area (Å²) in [6, 6.07) is -5.43. The Hall–Kier alpha value is -3.11. The highest BCUT2D eigenvalue weighted by Gasteiger charge is 2.32. The van der Waals surface area contributed by atoms with Gasteiger partial charge in [-0.2, -0.15) is 12.6 Å². The highest BCUT2D eigenvalue weighted by Crippen LogP contribution is 2.04. The summed E-state index contributed by atoms with van der Waals surface area (Å²) < 4.78 is 0. The van der Waals surface area contributed by atoms with E-state index < -0.39 is 66.4 Å². The average Bonchev–Trinajstić information content (AvgIpc) is 2.74. The molecule has 0 bridgehead atoms. The number of aliphatic hydroxyl groups excluding tert-OH is 1. The first-order chi connectivity index (χ1) is 15.8. The number of rotatable bonds is 16. The summed E-state index contributed by atoms with van der Waals surface area (Å²) in [5, 5.41) is 34.6. The number of carboxylic acids is 2. The molecule has 0 radical (unpaired) electrons. The highest BCUT2D eigenvalue weighted by atomic mass is 32.1. The van der Waals surface area contributed by atoms with Gasteiger partial charge in [-0.25, -0.2) is 4.79 Å². The molecule has 0 aliphatic heterocycles. The zero-order chi connectivity index (χ0) is 26.4. The van der Waals surface area contributed by atoms with Crippen molar-refractivity contribution in [3.63, 3.8) is 0 Å². The molecule has 0 aromatic carbocycles. The average molecular weight is 508 g/mol. The predicted octanol–water partition coefficient (Wildman–Crippen LogP) is -3.92. The fourth-order valence-electron chi connectivity index (χ4n) is 2.57. The number of nitrogens with two attached hydrogens (primary N) is 3. The predicted molar refractivity (Wildman–Crippen MR) is 124 cm³/mol. The molecule has 16 heteroatoms. The topological polar surface area (TPSA) is 273 Å². The molecule has 12 N–H and O–H groups in total. The molecule has 5 unspecified atom stereocenters. The van der Waals surface area contributed by atoms with Gasteiger partial charge in [-0.1, -0.05) is 0 Å². The van der Waals surface area contributed by atoms with Crippen molar-refractivity contribution in [3.05, 3.63) is 0 Å². The summed E-state index contributed by atoms with van der Waals surface area (Å²) in [7, 11) is 0. The summed E-state index contributed by atoms with van der Waals surface area (Å²) in [6.07, 6.45) is -1.78. The molecule has 0 aromatic rings. The minimum atomic E-state index is -1.53. The SMILES string of the molecule is CC(O)C(NC(=O)C(N)CCCN=C(N)N)C(=O)NC(CCC(=O)O)C(=O)NC(CS)C(=O)O. The number of nitrogens with zero attached hydrogens (tertiary/aromatic N) is 1. The number of nitrogens with one attached hydrogen (secondary N) is 3. The monoisotopic (exact) mass is 507 g/mol. The fraction of sp³-hybridized carbons (Fsp3) is 0.667. The second kappa shape index (κ2) is 15.7. The summed E-state index contributed by atoms with van der Waals surface area (Å²) in [4.78, 5) is 63.3. The Balaban J connectivity index is 5.28. The van der Waals surface area contributed by atoms with E-state index in [0.717, 1.165) is 0 Å². The van der Waals surface area contributed by atoms with Crippen LogP contribution in [0, 0.1) is 0 Å². The third-order valence-electron chi connectivity index (χ3n) is 4.44. The van der Waals surface area contributed by atoms with Gasteiger partial charge in [0, 0.05) is 18.7 Å². The van der Waals surface area contributed by atoms with Gasteiger partial charge in [0.05, 0.1) is 12.1 Å². The van der Waals surface area contributed by atoms with Crippen molar-refractivity contribution in [3.8, 4) is 0 Å². The quantitative estimate of drug-likeness (QED) is 0.0417. The molecule has 0 spiro atoms. The third kappa shape index (κ3) is 12.2. The molecule has 0 aliphatic rings. The number of hydrogen-bond acceptors (Lipinski definition) is 9. The Labute approximate surface area is 201 Å². The number of thiol groups is 1. The van der Waals surface area contributed by atoms with E-state index in [0.29, 0.717) is 6.42 Å². The van der Waals surface area contributed by atoms with Crippen LogP contribution in [-0.2, 0) is 24.0 Å². The third-order valence-corrected chi connectivity index (χ3v) is 4.81. The first-order valence-electron chi connectivity index (χ1n) is 10.3. The number of guanidine groups is 1. The van der Waals surface area contributed by atoms with Crippen molar-refractivity contribution in [2.75, 3.05) is 12.3 Å². The maximum Gasteiger partial charge on any atom is 0.327 e. The van der Waals surface area contributed by atoms with Gasteiger partial charge < -0.3 is 48.5 Å². The molecule has 194 valence electrons. The molecule has 5 atom stereocenters. The second-order valence-electron chi connectivity index (χ2n) is 7.36. The largest absolute Gasteiger partial charge is 0.481 e. The zero-order valence-corrected chi connectivity index (χ0v) is 19.5. The van der Waals surface area contributed by atoms with E-state index in [2.05, 4.69) is 33.6 Å². The van der Waals surface area contributed by atoms with Crippen LogP contribution in [0.25, 0.3) is 0 Å². The van der Waals surface area contributed by atoms with Crippen LogP contribution in [0.2, 0.25) is 0 Å². The van der Waals surface area contributed by atoms with E-state index in [1.165, 1.54) is 6.92 Å². The summed E-state index contributed by atoms with van der Waals surface area (Å²) in [5.41, 5.74) is 16.2. The minimum absolute atomic E-state index is 0.116. The van der Waals surface area contributed by atoms with E-state index in [4.69, 9.17) is 27.4 Å². The van der Waals surface area contributed by atoms with Crippen LogP contribution in [0.4, 0.5) is 0 Å². The number of aliphatic imine (C=N–C) groups is 1. The van der Waals surface area contributed by atoms with E-state index in [9.17, 15) is 29.1 Å². The van der Waals surface area contributed by atoms with Crippen molar-refractivity contribution < 1.29 is 39.3 Å². The Kier molecular flexibility index (Phi) is 14.2. The number of carbonyl (C=O) groups excluding carboxylic acids is 3. The van der Waals surface area contributed by atoms with Gasteiger partial charge in [-0.05, 0) is 26.2 Å². The summed E-state index contributed by atoms with van der Waals surface area (Å²) >= 11 is 3.82. The lowest BCUT2D eigenvalue weighted by Crippen LogP contribution is -2.59. The molecule has 0 aromatic heterocycles. The first-order valence-corrected chi connectivity index (χ1v) is 10.9. The lowest BCUT2D eigenvalue weighted by Gasteiger charge is -2.26. The van der Waals surface area contributed by atoms with E-state index in [1.54, 1.807) is 0 Å². The lowest BCUT2D eigenvalue weighted by molar-refractivity contribution is -0.142. The number of aliphatic hydroxyl groups is 1. The molecule has 0 saturated carbocycles. The molecule has 0 rings (SSSR count). The molecule has 34 heavy (non-hydrogen) atoms. The van der Waals surface area contributed by atoms with Crippen molar-refractivity contribution in [2.24, 2.45) is 22.2 Å². The van der Waals surface area contributed by atoms with Crippen LogP contribution in [0.3, 0.4) is 0 Å². The number of aliphatic carboxylic acids is 2. The molecular weight excluding hydrogens is 474 g/mol. The number of carboxylic acid groups (broad SMARTS) is 2. The maximum absolute atomic E-state index is 12.7. The zero-order valence-electron chi connectivity index (χ0n) is 18.6. The molecule has 0 fully saturated rings. The number of hydrogen-bond donors (Lipinski definition) is 10. The van der Waals surface area contributed by atoms with Crippen LogP contribution >= 0.6 is 12.6 Å². The maximum atomic E-state index is 12.7. The van der Waals surface area contributed by atoms with Crippen molar-refractivity contribution in [1.82, 2.24) is 16.0 Å². The van der Waals surface area contributed by atoms with E-state index in [1.807, 2.05) is 0 Å². The Morgan fingerprint density at radius 2 is 1.53 bits per heavy atom. The Bertz CT molecular complexity index is 761. The van der Waals surface area contributed by atoms with Crippen LogP contribution in [0.5, 0.6) is 0 Å². The Morgan fingerprint density at radius 3 is 2.00 bits per heavy atom. The van der Waals surface area contributed by atoms with Gasteiger partial charge in [0.15, 0.2) is 5.96 Å². The lowest BCUT2D eigenvalue weighted by atomic mass is 10.1. The standard InChI is InChI=1S/C18H33N7O8S/c1-8(26)13(25-14(29)9(19)3-2-6-22-18(20)21)16(31)23-10(4-5-12(27)28)15(30)24-11(7-34)17(32)33/h8-11,13,26,34H,2-7,19H2,1H3,(H,23,31)(H,24,30)(H,25,29)(H,27,28)(H,32,33)(H4,20,21,22). The summed E-state index contributed by atoms with van der Waals surface area (Å²) in [5.74, 6) is -5.75. The minimum Gasteiger partial charge on any atom is -0.481 e. The van der Waals surface area contributed by atoms with Crippen LogP contribution < -0.4 is 33.2 Å². The normalized spacial score (nSPS) is 15.1. The molecule has 0 aliphatic carbocycles. The van der Waals surface area contributed by atoms with Gasteiger partial charge >= 0.3 is 11.9 Å².